The van der Waals surface area contributed by atoms with E-state index in [-0.39, 0.29) is 53.0 Å². The number of aliphatic hydroxyl groups excluding tert-OH is 1. The zero-order valence-corrected chi connectivity index (χ0v) is 27.0. The van der Waals surface area contributed by atoms with E-state index in [1.807, 2.05) is 0 Å². The van der Waals surface area contributed by atoms with Crippen molar-refractivity contribution in [1.82, 2.24) is 14.8 Å². The Morgan fingerprint density at radius 2 is 1.86 bits per heavy atom. The molecule has 4 rings (SSSR count). The molecule has 2 atom stereocenters. The monoisotopic (exact) mass is 615 g/mol. The van der Waals surface area contributed by atoms with Crippen LogP contribution < -0.4 is 9.04 Å². The lowest BCUT2D eigenvalue weighted by Gasteiger charge is -2.34. The number of methoxy groups -OCH3 is 2. The number of aromatic hydroxyl groups is 1. The number of anilines is 1. The van der Waals surface area contributed by atoms with Gasteiger partial charge in [0, 0.05) is 14.6 Å². The second-order valence-corrected chi connectivity index (χ2v) is 19.8. The van der Waals surface area contributed by atoms with Crippen LogP contribution >= 0.6 is 0 Å². The van der Waals surface area contributed by atoms with E-state index in [2.05, 4.69) is 46.3 Å². The predicted molar refractivity (Wildman–Crippen MR) is 165 cm³/mol. The van der Waals surface area contributed by atoms with E-state index >= 15 is 0 Å². The molecule has 0 spiro atoms. The molecule has 0 bridgehead atoms. The van der Waals surface area contributed by atoms with Gasteiger partial charge in [-0.25, -0.2) is 17.7 Å². The number of sulfonamides is 1. The van der Waals surface area contributed by atoms with Gasteiger partial charge >= 0.3 is 0 Å². The van der Waals surface area contributed by atoms with E-state index in [1.165, 1.54) is 35.2 Å². The maximum atomic E-state index is 14.5. The largest absolute Gasteiger partial charge is 0.506 e. The summed E-state index contributed by atoms with van der Waals surface area (Å²) >= 11 is 0. The molecule has 0 amide bonds. The van der Waals surface area contributed by atoms with Gasteiger partial charge in [-0.2, -0.15) is 0 Å². The Kier molecular flexibility index (Phi) is 9.69. The first-order valence-corrected chi connectivity index (χ1v) is 19.5. The molecule has 2 aliphatic rings. The summed E-state index contributed by atoms with van der Waals surface area (Å²) in [5.41, 5.74) is 6.05. The minimum atomic E-state index is -4.17. The Hall–Kier alpha value is -3.34. The fraction of sp³-hybridized carbons (Fsp3) is 0.552. The molecule has 1 saturated carbocycles. The van der Waals surface area contributed by atoms with Crippen molar-refractivity contribution in [3.63, 3.8) is 0 Å². The number of phenolic OH excluding ortho intramolecular Hbond substituents is 1. The summed E-state index contributed by atoms with van der Waals surface area (Å²) in [5.74, 6) is 0.289. The highest BCUT2D eigenvalue weighted by Gasteiger charge is 2.41. The van der Waals surface area contributed by atoms with Gasteiger partial charge in [-0.1, -0.05) is 50.7 Å². The van der Waals surface area contributed by atoms with Crippen molar-refractivity contribution in [2.45, 2.75) is 76.1 Å². The fourth-order valence-corrected chi connectivity index (χ4v) is 7.98. The van der Waals surface area contributed by atoms with Crippen LogP contribution in [0.1, 0.15) is 44.9 Å². The number of phenols is 1. The van der Waals surface area contributed by atoms with E-state index in [0.29, 0.717) is 6.04 Å². The van der Waals surface area contributed by atoms with Crippen molar-refractivity contribution in [3.05, 3.63) is 41.6 Å². The molecule has 1 fully saturated rings. The number of aromatic nitrogens is 3. The van der Waals surface area contributed by atoms with Gasteiger partial charge in [0.05, 0.1) is 26.4 Å². The van der Waals surface area contributed by atoms with Crippen LogP contribution in [-0.2, 0) is 14.8 Å². The van der Waals surface area contributed by atoms with Gasteiger partial charge in [0.25, 0.3) is 0 Å². The summed E-state index contributed by atoms with van der Waals surface area (Å²) in [4.78, 5) is 4.42. The van der Waals surface area contributed by atoms with Crippen LogP contribution in [0, 0.1) is 5.92 Å². The van der Waals surface area contributed by atoms with Gasteiger partial charge < -0.3 is 19.7 Å². The molecular weight excluding hydrogens is 575 g/mol. The van der Waals surface area contributed by atoms with Crippen molar-refractivity contribution in [1.29, 1.82) is 0 Å². The van der Waals surface area contributed by atoms with Gasteiger partial charge in [-0.15, -0.1) is 10.2 Å². The number of benzene rings is 1. The number of rotatable bonds is 11. The summed E-state index contributed by atoms with van der Waals surface area (Å²) in [7, 11) is -3.02. The number of nitrogens with zero attached hydrogens (tertiary/aromatic N) is 5. The molecule has 1 aromatic heterocycles. The maximum absolute atomic E-state index is 14.5. The quantitative estimate of drug-likeness (QED) is 0.278. The smallest absolute Gasteiger partial charge is 0.246 e. The Bertz CT molecular complexity index is 1530. The Morgan fingerprint density at radius 1 is 1.14 bits per heavy atom. The molecular formula is C29H41N5O6SSi. The second kappa shape index (κ2) is 12.9. The molecule has 13 heteroatoms. The molecule has 0 saturated heterocycles. The number of aliphatic hydroxyl groups is 1. The van der Waals surface area contributed by atoms with Gasteiger partial charge in [-0.05, 0) is 49.6 Å². The first-order chi connectivity index (χ1) is 19.9. The highest BCUT2D eigenvalue weighted by atomic mass is 32.2. The number of ether oxygens (including phenoxy) is 2. The molecule has 1 aliphatic heterocycles. The van der Waals surface area contributed by atoms with E-state index in [0.717, 1.165) is 32.1 Å². The van der Waals surface area contributed by atoms with Crippen molar-refractivity contribution in [2.24, 2.45) is 10.9 Å². The van der Waals surface area contributed by atoms with Gasteiger partial charge in [0.15, 0.2) is 11.5 Å². The molecule has 2 N–H and O–H groups in total. The Morgan fingerprint density at radius 3 is 2.50 bits per heavy atom. The Labute approximate surface area is 249 Å². The summed E-state index contributed by atoms with van der Waals surface area (Å²) < 4.78 is 42.4. The maximum Gasteiger partial charge on any atom is 0.246 e. The molecule has 11 nitrogen and oxygen atoms in total. The third-order valence-corrected chi connectivity index (χ3v) is 11.7. The van der Waals surface area contributed by atoms with E-state index < -0.39 is 29.5 Å². The van der Waals surface area contributed by atoms with Crippen LogP contribution in [0.5, 0.6) is 11.5 Å². The molecule has 228 valence electrons. The number of aliphatic imine (C=N–C) groups is 1. The fourth-order valence-electron chi connectivity index (χ4n) is 5.26. The first kappa shape index (κ1) is 31.6. The predicted octanol–water partition coefficient (Wildman–Crippen LogP) is 4.50. The van der Waals surface area contributed by atoms with Crippen LogP contribution in [0.25, 0.3) is 11.4 Å². The highest BCUT2D eigenvalue weighted by molar-refractivity contribution is 7.93. The third-order valence-electron chi connectivity index (χ3n) is 7.78. The first-order valence-electron chi connectivity index (χ1n) is 14.2. The van der Waals surface area contributed by atoms with Crippen molar-refractivity contribution in [3.8, 4) is 17.2 Å². The molecule has 0 radical (unpaired) electrons. The lowest BCUT2D eigenvalue weighted by Crippen LogP contribution is -2.48. The molecule has 2 aromatic rings. The summed E-state index contributed by atoms with van der Waals surface area (Å²) in [5, 5.41) is 30.0. The summed E-state index contributed by atoms with van der Waals surface area (Å²) in [6, 6.07) is 5.35. The SMILES string of the molecule is COC1=NC(c2nnc(N(CC[Si](C)(C)C)S(=O)(=O)[C@@H](C)[C@@H](O)C3CCCCC3)n2-c2c(O)cccc2OC)=C=C=C1. The molecule has 1 aliphatic carbocycles. The Balaban J connectivity index is 1.94. The zero-order valence-electron chi connectivity index (χ0n) is 25.2. The average molecular weight is 616 g/mol. The number of para-hydroxylation sites is 1. The standard InChI is InChI=1S/C29H41N5O6SSi/c1-20(27(36)21-12-8-7-9-13-21)41(37,38)33(18-19-42(4,5)6)29-32-31-28(22-14-10-17-25(30-22)40-3)34(29)26-23(35)15-11-16-24(26)39-2/h11,15-17,20-21,27,35-36H,7-9,12-13,18-19H2,1-6H3/t20-,27+/m0/s1. The van der Waals surface area contributed by atoms with Crippen molar-refractivity contribution in [2.75, 3.05) is 25.1 Å². The summed E-state index contributed by atoms with van der Waals surface area (Å²) in [6.45, 7) is 8.15. The lowest BCUT2D eigenvalue weighted by molar-refractivity contribution is 0.0839. The van der Waals surface area contributed by atoms with Crippen LogP contribution in [0.3, 0.4) is 0 Å². The van der Waals surface area contributed by atoms with Crippen LogP contribution in [0.2, 0.25) is 25.7 Å². The second-order valence-electron chi connectivity index (χ2n) is 11.9. The average Bonchev–Trinajstić information content (AvgIpc) is 3.40. The molecule has 42 heavy (non-hydrogen) atoms. The van der Waals surface area contributed by atoms with E-state index in [4.69, 9.17) is 9.47 Å². The highest BCUT2D eigenvalue weighted by Crippen LogP contribution is 2.39. The van der Waals surface area contributed by atoms with Gasteiger partial charge in [-0.3, -0.25) is 4.57 Å². The van der Waals surface area contributed by atoms with E-state index in [1.54, 1.807) is 19.1 Å². The number of hydrogen-bond acceptors (Lipinski definition) is 9. The molecule has 0 unspecified atom stereocenters. The van der Waals surface area contributed by atoms with Crippen LogP contribution in [0.4, 0.5) is 5.95 Å². The minimum absolute atomic E-state index is 0.0521. The van der Waals surface area contributed by atoms with Crippen molar-refractivity contribution >= 4 is 35.6 Å². The van der Waals surface area contributed by atoms with Crippen LogP contribution in [0.15, 0.2) is 40.7 Å². The topological polar surface area (TPSA) is 139 Å². The normalized spacial score (nSPS) is 17.4. The van der Waals surface area contributed by atoms with Crippen molar-refractivity contribution < 1.29 is 28.1 Å². The minimum Gasteiger partial charge on any atom is -0.506 e. The van der Waals surface area contributed by atoms with Crippen LogP contribution in [-0.4, -0.2) is 79.5 Å². The molecule has 1 aromatic carbocycles. The van der Waals surface area contributed by atoms with E-state index in [9.17, 15) is 18.6 Å². The summed E-state index contributed by atoms with van der Waals surface area (Å²) in [6.07, 6.45) is 5.08. The van der Waals surface area contributed by atoms with Gasteiger partial charge in [0.2, 0.25) is 21.9 Å². The zero-order chi connectivity index (χ0) is 30.7. The lowest BCUT2D eigenvalue weighted by atomic mass is 9.84. The number of hydrogen-bond donors (Lipinski definition) is 2. The van der Waals surface area contributed by atoms with Gasteiger partial charge in [0.1, 0.15) is 22.4 Å². The molecule has 2 heterocycles. The third kappa shape index (κ3) is 6.66.